The maximum atomic E-state index is 12.6. The van der Waals surface area contributed by atoms with E-state index < -0.39 is 10.0 Å². The summed E-state index contributed by atoms with van der Waals surface area (Å²) in [5.41, 5.74) is 0.292. The summed E-state index contributed by atoms with van der Waals surface area (Å²) in [6.45, 7) is 3.37. The fourth-order valence-electron chi connectivity index (χ4n) is 2.60. The number of hydrogen-bond acceptors (Lipinski definition) is 4. The predicted molar refractivity (Wildman–Crippen MR) is 90.8 cm³/mol. The van der Waals surface area contributed by atoms with Crippen LogP contribution in [0.5, 0.6) is 0 Å². The summed E-state index contributed by atoms with van der Waals surface area (Å²) in [4.78, 5) is 14.2. The summed E-state index contributed by atoms with van der Waals surface area (Å²) in [6, 6.07) is 4.51. The van der Waals surface area contributed by atoms with E-state index in [1.807, 2.05) is 6.92 Å². The molecule has 1 aliphatic rings. The molecule has 1 aliphatic heterocycles. The minimum absolute atomic E-state index is 0.131. The van der Waals surface area contributed by atoms with Gasteiger partial charge in [-0.1, -0.05) is 0 Å². The van der Waals surface area contributed by atoms with E-state index in [4.69, 9.17) is 5.11 Å². The molecule has 1 amide bonds. The Morgan fingerprint density at radius 3 is 2.57 bits per heavy atom. The van der Waals surface area contributed by atoms with E-state index in [9.17, 15) is 13.2 Å². The Kier molecular flexibility index (Phi) is 6.19. The van der Waals surface area contributed by atoms with E-state index in [2.05, 4.69) is 15.9 Å². The molecule has 0 bridgehead atoms. The maximum absolute atomic E-state index is 12.6. The first-order chi connectivity index (χ1) is 10.9. The molecule has 0 aliphatic carbocycles. The summed E-state index contributed by atoms with van der Waals surface area (Å²) in [5, 5.41) is 9.05. The second-order valence-electron chi connectivity index (χ2n) is 5.36. The Labute approximate surface area is 145 Å². The zero-order chi connectivity index (χ0) is 17.0. The number of halogens is 1. The quantitative estimate of drug-likeness (QED) is 0.782. The number of amides is 1. The van der Waals surface area contributed by atoms with Crippen LogP contribution in [0.4, 0.5) is 0 Å². The minimum atomic E-state index is -3.56. The van der Waals surface area contributed by atoms with Crippen LogP contribution in [0.15, 0.2) is 27.6 Å². The number of likely N-dealkylation sites (N-methyl/N-ethyl adjacent to an activating group) is 1. The molecule has 0 saturated carbocycles. The van der Waals surface area contributed by atoms with E-state index in [1.165, 1.54) is 21.3 Å². The molecule has 6 nitrogen and oxygen atoms in total. The number of benzene rings is 1. The average molecular weight is 405 g/mol. The van der Waals surface area contributed by atoms with Crippen LogP contribution in [0.3, 0.4) is 0 Å². The van der Waals surface area contributed by atoms with Gasteiger partial charge in [-0.15, -0.1) is 0 Å². The zero-order valence-corrected chi connectivity index (χ0v) is 15.4. The molecule has 1 N–H and O–H groups in total. The van der Waals surface area contributed by atoms with Crippen LogP contribution in [-0.2, 0) is 10.0 Å². The molecule has 0 radical (unpaired) electrons. The molecule has 0 atom stereocenters. The van der Waals surface area contributed by atoms with Crippen molar-refractivity contribution in [1.82, 2.24) is 9.21 Å². The van der Waals surface area contributed by atoms with Crippen LogP contribution in [0, 0.1) is 0 Å². The van der Waals surface area contributed by atoms with Gasteiger partial charge in [-0.05, 0) is 53.9 Å². The van der Waals surface area contributed by atoms with Crippen LogP contribution in [0.1, 0.15) is 30.1 Å². The number of aliphatic hydroxyl groups is 1. The first kappa shape index (κ1) is 18.4. The van der Waals surface area contributed by atoms with E-state index in [-0.39, 0.29) is 24.0 Å². The standard InChI is InChI=1S/C15H21BrN2O4S/c1-2-17(9-10-19)15(20)13-11-12(5-6-14(13)16)23(21,22)18-7-3-4-8-18/h5-6,11,19H,2-4,7-10H2,1H3. The smallest absolute Gasteiger partial charge is 0.255 e. The number of rotatable bonds is 6. The Balaban J connectivity index is 2.37. The number of hydrogen-bond donors (Lipinski definition) is 1. The van der Waals surface area contributed by atoms with Crippen molar-refractivity contribution in [2.75, 3.05) is 32.8 Å². The largest absolute Gasteiger partial charge is 0.395 e. The van der Waals surface area contributed by atoms with Gasteiger partial charge in [-0.2, -0.15) is 4.31 Å². The Morgan fingerprint density at radius 2 is 2.00 bits per heavy atom. The lowest BCUT2D eigenvalue weighted by Gasteiger charge is -2.21. The lowest BCUT2D eigenvalue weighted by atomic mass is 10.2. The molecule has 1 heterocycles. The number of nitrogens with zero attached hydrogens (tertiary/aromatic N) is 2. The summed E-state index contributed by atoms with van der Waals surface area (Å²) >= 11 is 3.31. The van der Waals surface area contributed by atoms with E-state index in [0.717, 1.165) is 12.8 Å². The number of carbonyl (C=O) groups excluding carboxylic acids is 1. The summed E-state index contributed by atoms with van der Waals surface area (Å²) in [5.74, 6) is -0.299. The molecule has 23 heavy (non-hydrogen) atoms. The molecule has 1 aromatic rings. The van der Waals surface area contributed by atoms with E-state index in [0.29, 0.717) is 29.7 Å². The third-order valence-electron chi connectivity index (χ3n) is 3.91. The highest BCUT2D eigenvalue weighted by atomic mass is 79.9. The van der Waals surface area contributed by atoms with Crippen molar-refractivity contribution in [2.24, 2.45) is 0 Å². The summed E-state index contributed by atoms with van der Waals surface area (Å²) in [7, 11) is -3.56. The van der Waals surface area contributed by atoms with Gasteiger partial charge in [-0.25, -0.2) is 8.42 Å². The van der Waals surface area contributed by atoms with Gasteiger partial charge < -0.3 is 10.0 Å². The predicted octanol–water partition coefficient (Wildman–Crippen LogP) is 1.69. The second kappa shape index (κ2) is 7.74. The van der Waals surface area contributed by atoms with Crippen LogP contribution in [0.25, 0.3) is 0 Å². The zero-order valence-electron chi connectivity index (χ0n) is 13.0. The van der Waals surface area contributed by atoms with Crippen molar-refractivity contribution < 1.29 is 18.3 Å². The highest BCUT2D eigenvalue weighted by Crippen LogP contribution is 2.26. The Hall–Kier alpha value is -0.960. The van der Waals surface area contributed by atoms with Crippen LogP contribution < -0.4 is 0 Å². The van der Waals surface area contributed by atoms with Gasteiger partial charge in [0.25, 0.3) is 5.91 Å². The van der Waals surface area contributed by atoms with Gasteiger partial charge in [0.05, 0.1) is 17.1 Å². The van der Waals surface area contributed by atoms with Crippen LogP contribution in [-0.4, -0.2) is 61.4 Å². The molecule has 2 rings (SSSR count). The Bertz CT molecular complexity index is 672. The van der Waals surface area contributed by atoms with Crippen LogP contribution in [0.2, 0.25) is 0 Å². The van der Waals surface area contributed by atoms with Crippen molar-refractivity contribution in [3.05, 3.63) is 28.2 Å². The van der Waals surface area contributed by atoms with Crippen molar-refractivity contribution in [2.45, 2.75) is 24.7 Å². The summed E-state index contributed by atoms with van der Waals surface area (Å²) < 4.78 is 27.3. The van der Waals surface area contributed by atoms with Crippen molar-refractivity contribution in [3.8, 4) is 0 Å². The topological polar surface area (TPSA) is 77.9 Å². The fourth-order valence-corrected chi connectivity index (χ4v) is 4.56. The maximum Gasteiger partial charge on any atom is 0.255 e. The average Bonchev–Trinajstić information content (AvgIpc) is 3.07. The van der Waals surface area contributed by atoms with Crippen molar-refractivity contribution >= 4 is 31.9 Å². The third-order valence-corrected chi connectivity index (χ3v) is 6.50. The molecule has 8 heteroatoms. The fraction of sp³-hybridized carbons (Fsp3) is 0.533. The lowest BCUT2D eigenvalue weighted by Crippen LogP contribution is -2.34. The van der Waals surface area contributed by atoms with Gasteiger partial charge in [0.1, 0.15) is 0 Å². The Morgan fingerprint density at radius 1 is 1.35 bits per heavy atom. The first-order valence-electron chi connectivity index (χ1n) is 7.61. The molecule has 1 fully saturated rings. The monoisotopic (exact) mass is 404 g/mol. The van der Waals surface area contributed by atoms with Gasteiger partial charge in [0.15, 0.2) is 0 Å². The normalized spacial score (nSPS) is 15.8. The molecule has 1 aromatic carbocycles. The van der Waals surface area contributed by atoms with Crippen molar-refractivity contribution in [3.63, 3.8) is 0 Å². The molecule has 0 unspecified atom stereocenters. The molecule has 0 aromatic heterocycles. The highest BCUT2D eigenvalue weighted by molar-refractivity contribution is 9.10. The number of aliphatic hydroxyl groups excluding tert-OH is 1. The molecule has 128 valence electrons. The highest BCUT2D eigenvalue weighted by Gasteiger charge is 2.28. The first-order valence-corrected chi connectivity index (χ1v) is 9.85. The van der Waals surface area contributed by atoms with Gasteiger partial charge >= 0.3 is 0 Å². The van der Waals surface area contributed by atoms with Gasteiger partial charge in [0, 0.05) is 30.7 Å². The molecular formula is C15H21BrN2O4S. The van der Waals surface area contributed by atoms with Crippen molar-refractivity contribution in [1.29, 1.82) is 0 Å². The molecule has 1 saturated heterocycles. The third kappa shape index (κ3) is 3.93. The van der Waals surface area contributed by atoms with E-state index in [1.54, 1.807) is 6.07 Å². The second-order valence-corrected chi connectivity index (χ2v) is 8.15. The lowest BCUT2D eigenvalue weighted by molar-refractivity contribution is 0.0731. The van der Waals surface area contributed by atoms with Crippen LogP contribution >= 0.6 is 15.9 Å². The minimum Gasteiger partial charge on any atom is -0.395 e. The SMILES string of the molecule is CCN(CCO)C(=O)c1cc(S(=O)(=O)N2CCCC2)ccc1Br. The molecular weight excluding hydrogens is 384 g/mol. The summed E-state index contributed by atoms with van der Waals surface area (Å²) in [6.07, 6.45) is 1.73. The number of carbonyl (C=O) groups is 1. The van der Waals surface area contributed by atoms with E-state index >= 15 is 0 Å². The van der Waals surface area contributed by atoms with Gasteiger partial charge in [0.2, 0.25) is 10.0 Å². The molecule has 0 spiro atoms. The number of sulfonamides is 1. The van der Waals surface area contributed by atoms with Gasteiger partial charge in [-0.3, -0.25) is 4.79 Å².